The Morgan fingerprint density at radius 1 is 0.500 bits per heavy atom. The first-order valence-electron chi connectivity index (χ1n) is 9.13. The van der Waals surface area contributed by atoms with Crippen LogP contribution in [0.5, 0.6) is 11.5 Å². The largest absolute Gasteiger partial charge is 0.491 e. The quantitative estimate of drug-likeness (QED) is 0.558. The van der Waals surface area contributed by atoms with Crippen molar-refractivity contribution < 1.29 is 18.9 Å². The summed E-state index contributed by atoms with van der Waals surface area (Å²) in [4.78, 5) is 0. The van der Waals surface area contributed by atoms with Crippen LogP contribution >= 0.6 is 0 Å². The molecule has 0 atom stereocenters. The minimum Gasteiger partial charge on any atom is -0.491 e. The summed E-state index contributed by atoms with van der Waals surface area (Å²) in [6, 6.07) is 12.3. The molecule has 0 amide bonds. The summed E-state index contributed by atoms with van der Waals surface area (Å²) < 4.78 is 22.7. The van der Waals surface area contributed by atoms with Crippen molar-refractivity contribution in [2.75, 3.05) is 39.6 Å². The zero-order valence-corrected chi connectivity index (χ0v) is 16.3. The Bertz CT molecular complexity index is 582. The van der Waals surface area contributed by atoms with Gasteiger partial charge < -0.3 is 18.9 Å². The van der Waals surface area contributed by atoms with Crippen molar-refractivity contribution in [3.05, 3.63) is 58.7 Å². The summed E-state index contributed by atoms with van der Waals surface area (Å²) in [6.07, 6.45) is 0. The van der Waals surface area contributed by atoms with Crippen LogP contribution < -0.4 is 9.47 Å². The van der Waals surface area contributed by atoms with Crippen molar-refractivity contribution >= 4 is 0 Å². The molecule has 0 bridgehead atoms. The number of benzene rings is 2. The van der Waals surface area contributed by atoms with Crippen LogP contribution in [0.3, 0.4) is 0 Å². The molecule has 0 heterocycles. The van der Waals surface area contributed by atoms with Gasteiger partial charge in [-0.05, 0) is 49.9 Å². The zero-order valence-electron chi connectivity index (χ0n) is 16.3. The lowest BCUT2D eigenvalue weighted by atomic mass is 10.1. The van der Waals surface area contributed by atoms with E-state index in [1.54, 1.807) is 0 Å². The van der Waals surface area contributed by atoms with Gasteiger partial charge in [0.1, 0.15) is 24.7 Å². The number of para-hydroxylation sites is 2. The molecule has 0 saturated heterocycles. The van der Waals surface area contributed by atoms with E-state index in [9.17, 15) is 0 Å². The van der Waals surface area contributed by atoms with Crippen molar-refractivity contribution in [3.63, 3.8) is 0 Å². The van der Waals surface area contributed by atoms with Gasteiger partial charge in [-0.15, -0.1) is 0 Å². The van der Waals surface area contributed by atoms with Crippen LogP contribution in [0.15, 0.2) is 36.4 Å². The molecule has 0 aliphatic rings. The fourth-order valence-electron chi connectivity index (χ4n) is 2.78. The molecule has 142 valence electrons. The van der Waals surface area contributed by atoms with E-state index in [-0.39, 0.29) is 0 Å². The van der Waals surface area contributed by atoms with Gasteiger partial charge in [0.25, 0.3) is 0 Å². The molecule has 0 spiro atoms. The lowest BCUT2D eigenvalue weighted by Crippen LogP contribution is -2.14. The second-order valence-corrected chi connectivity index (χ2v) is 6.36. The minimum atomic E-state index is 0.543. The van der Waals surface area contributed by atoms with Gasteiger partial charge in [0.05, 0.1) is 26.4 Å². The van der Waals surface area contributed by atoms with Crippen LogP contribution in [-0.4, -0.2) is 39.6 Å². The van der Waals surface area contributed by atoms with Gasteiger partial charge in [-0.3, -0.25) is 0 Å². The normalized spacial score (nSPS) is 10.8. The van der Waals surface area contributed by atoms with Crippen LogP contribution in [0.4, 0.5) is 0 Å². The molecule has 2 rings (SSSR count). The topological polar surface area (TPSA) is 36.9 Å². The first-order chi connectivity index (χ1) is 12.6. The van der Waals surface area contributed by atoms with Gasteiger partial charge in [0, 0.05) is 0 Å². The standard InChI is InChI=1S/C22H30O4/c1-17-7-5-8-18(2)21(17)25-15-13-23-11-12-24-14-16-26-22-19(3)9-6-10-20(22)4/h5-10H,11-16H2,1-4H3. The van der Waals surface area contributed by atoms with Crippen molar-refractivity contribution in [2.45, 2.75) is 27.7 Å². The van der Waals surface area contributed by atoms with Crippen molar-refractivity contribution in [2.24, 2.45) is 0 Å². The number of ether oxygens (including phenoxy) is 4. The monoisotopic (exact) mass is 358 g/mol. The average molecular weight is 358 g/mol. The summed E-state index contributed by atoms with van der Waals surface area (Å²) in [5.41, 5.74) is 4.60. The molecule has 0 aromatic heterocycles. The fraction of sp³-hybridized carbons (Fsp3) is 0.455. The highest BCUT2D eigenvalue weighted by Gasteiger charge is 2.03. The molecule has 0 N–H and O–H groups in total. The Balaban J connectivity index is 1.50. The van der Waals surface area contributed by atoms with Crippen LogP contribution in [0.1, 0.15) is 22.3 Å². The lowest BCUT2D eigenvalue weighted by molar-refractivity contribution is 0.0271. The smallest absolute Gasteiger partial charge is 0.125 e. The van der Waals surface area contributed by atoms with Crippen LogP contribution in [0, 0.1) is 27.7 Å². The molecule has 0 aliphatic carbocycles. The third-order valence-electron chi connectivity index (χ3n) is 4.14. The van der Waals surface area contributed by atoms with E-state index in [0.29, 0.717) is 39.6 Å². The third-order valence-corrected chi connectivity index (χ3v) is 4.14. The van der Waals surface area contributed by atoms with Gasteiger partial charge in [-0.25, -0.2) is 0 Å². The second-order valence-electron chi connectivity index (χ2n) is 6.36. The van der Waals surface area contributed by atoms with E-state index >= 15 is 0 Å². The molecule has 26 heavy (non-hydrogen) atoms. The van der Waals surface area contributed by atoms with Crippen LogP contribution in [0.2, 0.25) is 0 Å². The second kappa shape index (κ2) is 10.8. The number of hydrogen-bond donors (Lipinski definition) is 0. The van der Waals surface area contributed by atoms with E-state index in [1.165, 1.54) is 0 Å². The SMILES string of the molecule is Cc1cccc(C)c1OCCOCCOCCOc1c(C)cccc1C. The Morgan fingerprint density at radius 3 is 1.15 bits per heavy atom. The summed E-state index contributed by atoms with van der Waals surface area (Å²) >= 11 is 0. The Morgan fingerprint density at radius 2 is 0.808 bits per heavy atom. The van der Waals surface area contributed by atoms with Crippen LogP contribution in [-0.2, 0) is 9.47 Å². The van der Waals surface area contributed by atoms with Crippen molar-refractivity contribution in [3.8, 4) is 11.5 Å². The van der Waals surface area contributed by atoms with Gasteiger partial charge >= 0.3 is 0 Å². The molecular weight excluding hydrogens is 328 g/mol. The summed E-state index contributed by atoms with van der Waals surface area (Å²) in [5.74, 6) is 1.91. The zero-order chi connectivity index (χ0) is 18.8. The first kappa shape index (κ1) is 20.3. The summed E-state index contributed by atoms with van der Waals surface area (Å²) in [6.45, 7) is 11.5. The Hall–Kier alpha value is -2.04. The van der Waals surface area contributed by atoms with E-state index < -0.39 is 0 Å². The maximum absolute atomic E-state index is 5.80. The van der Waals surface area contributed by atoms with Gasteiger partial charge in [-0.2, -0.15) is 0 Å². The molecule has 4 nitrogen and oxygen atoms in total. The number of aryl methyl sites for hydroxylation is 4. The lowest BCUT2D eigenvalue weighted by Gasteiger charge is -2.13. The molecule has 0 unspecified atom stereocenters. The maximum atomic E-state index is 5.80. The van der Waals surface area contributed by atoms with E-state index in [2.05, 4.69) is 52.0 Å². The highest BCUT2D eigenvalue weighted by atomic mass is 16.6. The fourth-order valence-corrected chi connectivity index (χ4v) is 2.78. The molecular formula is C22H30O4. The molecule has 2 aromatic carbocycles. The van der Waals surface area contributed by atoms with Crippen LogP contribution in [0.25, 0.3) is 0 Å². The highest BCUT2D eigenvalue weighted by molar-refractivity contribution is 5.40. The van der Waals surface area contributed by atoms with Crippen molar-refractivity contribution in [1.82, 2.24) is 0 Å². The van der Waals surface area contributed by atoms with Gasteiger partial charge in [-0.1, -0.05) is 36.4 Å². The molecule has 0 saturated carbocycles. The Labute approximate surface area is 157 Å². The Kier molecular flexibility index (Phi) is 8.45. The first-order valence-corrected chi connectivity index (χ1v) is 9.13. The molecule has 4 heteroatoms. The van der Waals surface area contributed by atoms with E-state index in [1.807, 2.05) is 12.1 Å². The molecule has 0 aliphatic heterocycles. The number of hydrogen-bond acceptors (Lipinski definition) is 4. The summed E-state index contributed by atoms with van der Waals surface area (Å²) in [7, 11) is 0. The predicted molar refractivity (Wildman–Crippen MR) is 104 cm³/mol. The number of rotatable bonds is 11. The van der Waals surface area contributed by atoms with Crippen molar-refractivity contribution in [1.29, 1.82) is 0 Å². The predicted octanol–water partition coefficient (Wildman–Crippen LogP) is 4.41. The third kappa shape index (κ3) is 6.36. The molecule has 0 fully saturated rings. The van der Waals surface area contributed by atoms with E-state index in [4.69, 9.17) is 18.9 Å². The molecule has 0 radical (unpaired) electrons. The highest BCUT2D eigenvalue weighted by Crippen LogP contribution is 2.22. The molecule has 2 aromatic rings. The van der Waals surface area contributed by atoms with E-state index in [0.717, 1.165) is 33.8 Å². The average Bonchev–Trinajstić information content (AvgIpc) is 2.61. The minimum absolute atomic E-state index is 0.543. The summed E-state index contributed by atoms with van der Waals surface area (Å²) in [5, 5.41) is 0. The van der Waals surface area contributed by atoms with Gasteiger partial charge in [0.2, 0.25) is 0 Å². The van der Waals surface area contributed by atoms with Gasteiger partial charge in [0.15, 0.2) is 0 Å². The maximum Gasteiger partial charge on any atom is 0.125 e.